The molecule has 2 amide bonds. The second-order valence-electron chi connectivity index (χ2n) is 7.71. The molecular weight excluding hydrogens is 386 g/mol. The molecule has 1 aromatic heterocycles. The van der Waals surface area contributed by atoms with Crippen molar-refractivity contribution in [1.82, 2.24) is 14.8 Å². The van der Waals surface area contributed by atoms with Gasteiger partial charge in [-0.2, -0.15) is 0 Å². The minimum absolute atomic E-state index is 0.0552. The van der Waals surface area contributed by atoms with Crippen molar-refractivity contribution in [1.29, 1.82) is 0 Å². The number of ether oxygens (including phenoxy) is 2. The number of morpholine rings is 1. The summed E-state index contributed by atoms with van der Waals surface area (Å²) in [6.07, 6.45) is 2.14. The molecule has 158 valence electrons. The maximum Gasteiger partial charge on any atom is 0.339 e. The summed E-state index contributed by atoms with van der Waals surface area (Å²) in [5.74, 6) is -0.739. The molecule has 4 rings (SSSR count). The number of carbonyl (C=O) groups is 3. The number of amides is 2. The second-order valence-corrected chi connectivity index (χ2v) is 7.71. The number of nitrogens with zero attached hydrogens (tertiary/aromatic N) is 3. The van der Waals surface area contributed by atoms with Gasteiger partial charge in [0.2, 0.25) is 5.91 Å². The Morgan fingerprint density at radius 2 is 1.93 bits per heavy atom. The molecule has 2 aromatic rings. The van der Waals surface area contributed by atoms with Gasteiger partial charge in [-0.1, -0.05) is 18.2 Å². The summed E-state index contributed by atoms with van der Waals surface area (Å²) in [6.45, 7) is 1.58. The second kappa shape index (κ2) is 8.79. The van der Waals surface area contributed by atoms with E-state index in [9.17, 15) is 14.4 Å². The van der Waals surface area contributed by atoms with Crippen molar-refractivity contribution in [3.63, 3.8) is 0 Å². The van der Waals surface area contributed by atoms with Crippen molar-refractivity contribution in [2.75, 3.05) is 46.5 Å². The Hall–Kier alpha value is -3.00. The molecule has 0 bridgehead atoms. The van der Waals surface area contributed by atoms with Gasteiger partial charge < -0.3 is 19.3 Å². The number of esters is 1. The van der Waals surface area contributed by atoms with E-state index in [-0.39, 0.29) is 12.5 Å². The van der Waals surface area contributed by atoms with Crippen LogP contribution in [0.25, 0.3) is 10.9 Å². The largest absolute Gasteiger partial charge is 0.452 e. The molecule has 1 aliphatic carbocycles. The van der Waals surface area contributed by atoms with Crippen molar-refractivity contribution in [3.8, 4) is 0 Å². The number of para-hydroxylation sites is 1. The number of aromatic nitrogens is 1. The van der Waals surface area contributed by atoms with Gasteiger partial charge in [0, 0.05) is 37.1 Å². The molecule has 0 spiro atoms. The minimum Gasteiger partial charge on any atom is -0.452 e. The van der Waals surface area contributed by atoms with E-state index in [2.05, 4.69) is 4.98 Å². The van der Waals surface area contributed by atoms with Gasteiger partial charge in [-0.25, -0.2) is 4.79 Å². The Balaban J connectivity index is 1.38. The summed E-state index contributed by atoms with van der Waals surface area (Å²) in [6, 6.07) is 9.19. The number of benzene rings is 1. The summed E-state index contributed by atoms with van der Waals surface area (Å²) in [5, 5.41) is 0.704. The number of hydrogen-bond donors (Lipinski definition) is 0. The molecule has 0 unspecified atom stereocenters. The summed E-state index contributed by atoms with van der Waals surface area (Å²) in [7, 11) is 1.53. The van der Waals surface area contributed by atoms with Crippen LogP contribution in [0.5, 0.6) is 0 Å². The van der Waals surface area contributed by atoms with Gasteiger partial charge in [-0.15, -0.1) is 0 Å². The van der Waals surface area contributed by atoms with E-state index in [4.69, 9.17) is 9.47 Å². The zero-order valence-corrected chi connectivity index (χ0v) is 17.0. The quantitative estimate of drug-likeness (QED) is 0.671. The predicted octanol–water partition coefficient (Wildman–Crippen LogP) is 1.59. The van der Waals surface area contributed by atoms with Gasteiger partial charge in [0.15, 0.2) is 6.61 Å². The van der Waals surface area contributed by atoms with Crippen LogP contribution in [0, 0.1) is 0 Å². The van der Waals surface area contributed by atoms with Gasteiger partial charge in [0.25, 0.3) is 5.91 Å². The van der Waals surface area contributed by atoms with E-state index < -0.39 is 18.5 Å². The lowest BCUT2D eigenvalue weighted by Crippen LogP contribution is -2.46. The van der Waals surface area contributed by atoms with Crippen LogP contribution in [0.1, 0.15) is 34.8 Å². The molecule has 1 saturated heterocycles. The summed E-state index contributed by atoms with van der Waals surface area (Å²) in [4.78, 5) is 45.0. The molecule has 8 heteroatoms. The number of hydrogen-bond acceptors (Lipinski definition) is 6. The fraction of sp³-hybridized carbons (Fsp3) is 0.455. The van der Waals surface area contributed by atoms with Gasteiger partial charge in [0.05, 0.1) is 30.8 Å². The smallest absolute Gasteiger partial charge is 0.339 e. The topological polar surface area (TPSA) is 89.0 Å². The lowest BCUT2D eigenvalue weighted by Gasteiger charge is -2.28. The highest BCUT2D eigenvalue weighted by Gasteiger charge is 2.27. The van der Waals surface area contributed by atoms with E-state index >= 15 is 0 Å². The van der Waals surface area contributed by atoms with Gasteiger partial charge in [-0.3, -0.25) is 14.6 Å². The number of likely N-dealkylation sites (N-methyl/N-ethyl adjacent to an activating group) is 1. The zero-order chi connectivity index (χ0) is 21.1. The molecular formula is C22H25N3O5. The molecule has 8 nitrogen and oxygen atoms in total. The third-order valence-electron chi connectivity index (χ3n) is 5.44. The molecule has 1 aromatic carbocycles. The number of fused-ring (bicyclic) bond motifs is 1. The first-order chi connectivity index (χ1) is 14.5. The van der Waals surface area contributed by atoms with E-state index in [1.165, 1.54) is 11.9 Å². The maximum atomic E-state index is 12.7. The number of carbonyl (C=O) groups excluding carboxylic acids is 3. The van der Waals surface area contributed by atoms with Crippen LogP contribution >= 0.6 is 0 Å². The van der Waals surface area contributed by atoms with E-state index in [1.54, 1.807) is 11.0 Å². The highest BCUT2D eigenvalue weighted by molar-refractivity contribution is 6.04. The van der Waals surface area contributed by atoms with Crippen LogP contribution in [-0.4, -0.2) is 79.1 Å². The Morgan fingerprint density at radius 3 is 2.67 bits per heavy atom. The normalized spacial score (nSPS) is 16.4. The number of pyridine rings is 1. The summed E-state index contributed by atoms with van der Waals surface area (Å²) < 4.78 is 10.5. The SMILES string of the molecule is CN(CC(=O)N1CCOCC1)C(=O)COC(=O)c1cc(C2CC2)nc2ccccc12. The van der Waals surface area contributed by atoms with Crippen molar-refractivity contribution in [2.45, 2.75) is 18.8 Å². The maximum absolute atomic E-state index is 12.7. The van der Waals surface area contributed by atoms with E-state index in [0.29, 0.717) is 43.2 Å². The molecule has 0 N–H and O–H groups in total. The fourth-order valence-corrected chi connectivity index (χ4v) is 3.47. The van der Waals surface area contributed by atoms with Crippen LogP contribution < -0.4 is 0 Å². The first kappa shape index (κ1) is 20.3. The first-order valence-corrected chi connectivity index (χ1v) is 10.2. The molecule has 1 aliphatic heterocycles. The van der Waals surface area contributed by atoms with E-state index in [0.717, 1.165) is 24.1 Å². The van der Waals surface area contributed by atoms with Crippen LogP contribution in [0.3, 0.4) is 0 Å². The van der Waals surface area contributed by atoms with Crippen LogP contribution in [0.4, 0.5) is 0 Å². The Morgan fingerprint density at radius 1 is 1.20 bits per heavy atom. The Labute approximate surface area is 174 Å². The highest BCUT2D eigenvalue weighted by atomic mass is 16.5. The average Bonchev–Trinajstić information content (AvgIpc) is 3.62. The van der Waals surface area contributed by atoms with E-state index in [1.807, 2.05) is 24.3 Å². The van der Waals surface area contributed by atoms with Crippen LogP contribution in [0.15, 0.2) is 30.3 Å². The van der Waals surface area contributed by atoms with Crippen LogP contribution in [0.2, 0.25) is 0 Å². The average molecular weight is 411 g/mol. The molecule has 0 radical (unpaired) electrons. The molecule has 2 heterocycles. The Kier molecular flexibility index (Phi) is 5.94. The van der Waals surface area contributed by atoms with Crippen molar-refractivity contribution in [2.24, 2.45) is 0 Å². The lowest BCUT2D eigenvalue weighted by atomic mass is 10.1. The highest BCUT2D eigenvalue weighted by Crippen LogP contribution is 2.40. The number of rotatable bonds is 6. The van der Waals surface area contributed by atoms with Crippen molar-refractivity contribution < 1.29 is 23.9 Å². The fourth-order valence-electron chi connectivity index (χ4n) is 3.47. The third kappa shape index (κ3) is 4.59. The summed E-state index contributed by atoms with van der Waals surface area (Å²) in [5.41, 5.74) is 2.05. The standard InChI is InChI=1S/C22H25N3O5/c1-24(13-20(26)25-8-10-29-11-9-25)21(27)14-30-22(28)17-12-19(15-6-7-15)23-18-5-3-2-4-16(17)18/h2-5,12,15H,6-11,13-14H2,1H3. The molecule has 2 aliphatic rings. The van der Waals surface area contributed by atoms with Gasteiger partial charge in [0.1, 0.15) is 0 Å². The molecule has 2 fully saturated rings. The summed E-state index contributed by atoms with van der Waals surface area (Å²) >= 11 is 0. The monoisotopic (exact) mass is 411 g/mol. The van der Waals surface area contributed by atoms with Gasteiger partial charge in [-0.05, 0) is 25.0 Å². The zero-order valence-electron chi connectivity index (χ0n) is 17.0. The minimum atomic E-state index is -0.559. The predicted molar refractivity (Wildman–Crippen MR) is 109 cm³/mol. The first-order valence-electron chi connectivity index (χ1n) is 10.2. The third-order valence-corrected chi connectivity index (χ3v) is 5.44. The van der Waals surface area contributed by atoms with Crippen LogP contribution in [-0.2, 0) is 19.1 Å². The van der Waals surface area contributed by atoms with Gasteiger partial charge >= 0.3 is 5.97 Å². The van der Waals surface area contributed by atoms with Crippen molar-refractivity contribution >= 4 is 28.7 Å². The Bertz CT molecular complexity index is 966. The van der Waals surface area contributed by atoms with Crippen molar-refractivity contribution in [3.05, 3.63) is 41.6 Å². The molecule has 30 heavy (non-hydrogen) atoms. The molecule has 0 atom stereocenters. The molecule has 1 saturated carbocycles. The lowest BCUT2D eigenvalue weighted by molar-refractivity contribution is -0.143.